The molecule has 2 aromatic carbocycles. The van der Waals surface area contributed by atoms with Gasteiger partial charge in [-0.05, 0) is 38.4 Å². The van der Waals surface area contributed by atoms with Gasteiger partial charge in [-0.1, -0.05) is 12.1 Å². The summed E-state index contributed by atoms with van der Waals surface area (Å²) in [7, 11) is 4.05. The zero-order valence-electron chi connectivity index (χ0n) is 19.4. The Kier molecular flexibility index (Phi) is 6.98. The summed E-state index contributed by atoms with van der Waals surface area (Å²) in [5, 5.41) is 24.0. The Morgan fingerprint density at radius 1 is 0.647 bits per heavy atom. The van der Waals surface area contributed by atoms with Gasteiger partial charge >= 0.3 is 11.4 Å². The van der Waals surface area contributed by atoms with Crippen LogP contribution < -0.4 is 20.7 Å². The van der Waals surface area contributed by atoms with Crippen molar-refractivity contribution in [2.75, 3.05) is 87.1 Å². The van der Waals surface area contributed by atoms with Crippen molar-refractivity contribution in [1.82, 2.24) is 9.80 Å². The number of hydrogen-bond donors (Lipinski definition) is 2. The molecule has 182 valence electrons. The summed E-state index contributed by atoms with van der Waals surface area (Å²) in [4.78, 5) is 31.5. The number of hydrogen-bond acceptors (Lipinski definition) is 10. The lowest BCUT2D eigenvalue weighted by molar-refractivity contribution is -0.383. The van der Waals surface area contributed by atoms with Gasteiger partial charge < -0.3 is 19.6 Å². The van der Waals surface area contributed by atoms with Crippen molar-refractivity contribution in [3.8, 4) is 0 Å². The van der Waals surface area contributed by atoms with E-state index in [4.69, 9.17) is 0 Å². The summed E-state index contributed by atoms with van der Waals surface area (Å²) in [6, 6.07) is 10.2. The molecular weight excluding hydrogens is 440 g/mol. The highest BCUT2D eigenvalue weighted by Gasteiger charge is 2.28. The molecule has 2 aromatic rings. The van der Waals surface area contributed by atoms with Crippen LogP contribution in [0.25, 0.3) is 0 Å². The first-order valence-electron chi connectivity index (χ1n) is 11.3. The van der Waals surface area contributed by atoms with Gasteiger partial charge in [-0.3, -0.25) is 31.1 Å². The molecule has 2 heterocycles. The maximum absolute atomic E-state index is 12.0. The Bertz CT molecular complexity index is 966. The number of nitrogens with one attached hydrogen (secondary N) is 2. The van der Waals surface area contributed by atoms with Crippen molar-refractivity contribution >= 4 is 34.1 Å². The second-order valence-electron chi connectivity index (χ2n) is 8.69. The molecule has 0 atom stereocenters. The van der Waals surface area contributed by atoms with E-state index in [9.17, 15) is 20.2 Å². The zero-order chi connectivity index (χ0) is 24.2. The van der Waals surface area contributed by atoms with Gasteiger partial charge in [0.25, 0.3) is 0 Å². The van der Waals surface area contributed by atoms with Gasteiger partial charge in [0.05, 0.1) is 9.85 Å². The molecule has 2 N–H and O–H groups in total. The van der Waals surface area contributed by atoms with Gasteiger partial charge in [0.1, 0.15) is 22.7 Å². The number of para-hydroxylation sites is 2. The van der Waals surface area contributed by atoms with Crippen LogP contribution in [0.5, 0.6) is 0 Å². The molecule has 0 saturated carbocycles. The SMILES string of the molecule is CN1CCN(c2cccc(NNc3cccc(N4CCN(C)CC4)c3[N+](=O)[O-])c2[N+](=O)[O-])CC1. The first kappa shape index (κ1) is 23.5. The maximum Gasteiger partial charge on any atom is 0.317 e. The van der Waals surface area contributed by atoms with Crippen LogP contribution >= 0.6 is 0 Å². The molecular formula is C22H30N8O4. The van der Waals surface area contributed by atoms with Crippen molar-refractivity contribution < 1.29 is 9.85 Å². The van der Waals surface area contributed by atoms with E-state index in [0.717, 1.165) is 26.2 Å². The highest BCUT2D eigenvalue weighted by molar-refractivity contribution is 5.81. The Morgan fingerprint density at radius 3 is 1.32 bits per heavy atom. The van der Waals surface area contributed by atoms with E-state index in [2.05, 4.69) is 20.7 Å². The number of nitro groups is 2. The van der Waals surface area contributed by atoms with Crippen molar-refractivity contribution in [3.63, 3.8) is 0 Å². The molecule has 4 rings (SSSR count). The summed E-state index contributed by atoms with van der Waals surface area (Å²) in [5.74, 6) is 0. The predicted molar refractivity (Wildman–Crippen MR) is 133 cm³/mol. The second-order valence-corrected chi connectivity index (χ2v) is 8.69. The molecule has 0 unspecified atom stereocenters. The van der Waals surface area contributed by atoms with E-state index >= 15 is 0 Å². The highest BCUT2D eigenvalue weighted by atomic mass is 16.6. The molecule has 2 saturated heterocycles. The van der Waals surface area contributed by atoms with E-state index in [1.807, 2.05) is 23.9 Å². The van der Waals surface area contributed by atoms with Crippen LogP contribution in [-0.2, 0) is 0 Å². The molecule has 2 fully saturated rings. The summed E-state index contributed by atoms with van der Waals surface area (Å²) < 4.78 is 0. The van der Waals surface area contributed by atoms with Crippen molar-refractivity contribution in [2.24, 2.45) is 0 Å². The molecule has 0 aliphatic carbocycles. The lowest BCUT2D eigenvalue weighted by Gasteiger charge is -2.34. The fourth-order valence-corrected chi connectivity index (χ4v) is 4.39. The van der Waals surface area contributed by atoms with E-state index in [1.54, 1.807) is 36.4 Å². The normalized spacial score (nSPS) is 17.5. The Labute approximate surface area is 198 Å². The lowest BCUT2D eigenvalue weighted by Crippen LogP contribution is -2.44. The number of nitro benzene ring substituents is 2. The maximum atomic E-state index is 12.0. The Balaban J connectivity index is 1.60. The molecule has 0 radical (unpaired) electrons. The highest BCUT2D eigenvalue weighted by Crippen LogP contribution is 2.38. The van der Waals surface area contributed by atoms with Crippen LogP contribution in [-0.4, -0.2) is 86.1 Å². The summed E-state index contributed by atoms with van der Waals surface area (Å²) in [6.45, 7) is 6.02. The van der Waals surface area contributed by atoms with Crippen LogP contribution in [0.15, 0.2) is 36.4 Å². The van der Waals surface area contributed by atoms with Gasteiger partial charge in [0, 0.05) is 52.4 Å². The van der Waals surface area contributed by atoms with Crippen LogP contribution in [0.2, 0.25) is 0 Å². The lowest BCUT2D eigenvalue weighted by atomic mass is 10.2. The number of hydrazine groups is 1. The molecule has 12 nitrogen and oxygen atoms in total. The van der Waals surface area contributed by atoms with Crippen LogP contribution in [0.4, 0.5) is 34.1 Å². The number of piperazine rings is 2. The molecule has 12 heteroatoms. The third kappa shape index (κ3) is 4.97. The fourth-order valence-electron chi connectivity index (χ4n) is 4.39. The van der Waals surface area contributed by atoms with E-state index in [0.29, 0.717) is 37.6 Å². The third-order valence-electron chi connectivity index (χ3n) is 6.41. The quantitative estimate of drug-likeness (QED) is 0.461. The summed E-state index contributed by atoms with van der Waals surface area (Å²) in [6.07, 6.45) is 0. The minimum atomic E-state index is -0.410. The van der Waals surface area contributed by atoms with E-state index < -0.39 is 9.85 Å². The monoisotopic (exact) mass is 470 g/mol. The van der Waals surface area contributed by atoms with Crippen molar-refractivity contribution in [2.45, 2.75) is 0 Å². The molecule has 0 bridgehead atoms. The standard InChI is InChI=1S/C22H30N8O4/c1-25-9-13-27(14-10-25)19-7-3-5-17(21(19)29(31)32)23-24-18-6-4-8-20(22(18)30(33)34)28-15-11-26(2)12-16-28/h3-8,23-24H,9-16H2,1-2H3. The minimum absolute atomic E-state index is 0.0579. The Hall–Kier alpha value is -3.64. The van der Waals surface area contributed by atoms with Gasteiger partial charge in [-0.15, -0.1) is 0 Å². The molecule has 34 heavy (non-hydrogen) atoms. The Morgan fingerprint density at radius 2 is 1.00 bits per heavy atom. The summed E-state index contributed by atoms with van der Waals surface area (Å²) >= 11 is 0. The smallest absolute Gasteiger partial charge is 0.317 e. The van der Waals surface area contributed by atoms with Crippen LogP contribution in [0.1, 0.15) is 0 Å². The second kappa shape index (κ2) is 10.1. The fraction of sp³-hybridized carbons (Fsp3) is 0.455. The van der Waals surface area contributed by atoms with Crippen molar-refractivity contribution in [1.29, 1.82) is 0 Å². The van der Waals surface area contributed by atoms with Gasteiger partial charge in [-0.2, -0.15) is 0 Å². The number of rotatable bonds is 7. The van der Waals surface area contributed by atoms with Crippen LogP contribution in [0, 0.1) is 20.2 Å². The predicted octanol–water partition coefficient (Wildman–Crippen LogP) is 2.45. The average Bonchev–Trinajstić information content (AvgIpc) is 2.83. The molecule has 2 aliphatic rings. The number of likely N-dealkylation sites (N-methyl/N-ethyl adjacent to an activating group) is 2. The molecule has 0 aromatic heterocycles. The molecule has 0 amide bonds. The number of anilines is 4. The van der Waals surface area contributed by atoms with E-state index in [1.165, 1.54) is 0 Å². The number of benzene rings is 2. The third-order valence-corrected chi connectivity index (χ3v) is 6.41. The largest absolute Gasteiger partial charge is 0.363 e. The first-order valence-corrected chi connectivity index (χ1v) is 11.3. The van der Waals surface area contributed by atoms with Gasteiger partial charge in [0.2, 0.25) is 0 Å². The molecule has 0 spiro atoms. The topological polar surface area (TPSA) is 123 Å². The number of nitrogens with zero attached hydrogens (tertiary/aromatic N) is 6. The molecule has 2 aliphatic heterocycles. The van der Waals surface area contributed by atoms with Gasteiger partial charge in [-0.25, -0.2) is 0 Å². The zero-order valence-corrected chi connectivity index (χ0v) is 19.4. The minimum Gasteiger partial charge on any atom is -0.363 e. The first-order chi connectivity index (χ1) is 16.3. The van der Waals surface area contributed by atoms with Crippen LogP contribution in [0.3, 0.4) is 0 Å². The van der Waals surface area contributed by atoms with E-state index in [-0.39, 0.29) is 22.7 Å². The van der Waals surface area contributed by atoms with Gasteiger partial charge in [0.15, 0.2) is 0 Å². The average molecular weight is 471 g/mol. The van der Waals surface area contributed by atoms with Crippen molar-refractivity contribution in [3.05, 3.63) is 56.6 Å². The summed E-state index contributed by atoms with van der Waals surface area (Å²) in [5.41, 5.74) is 7.19.